The number of carbonyl (C=O) groups excluding carboxylic acids is 1. The average molecular weight is 1070 g/mol. The van der Waals surface area contributed by atoms with Crippen LogP contribution in [0.2, 0.25) is 0 Å². The number of nitro groups is 1. The standard InChI is InChI=1S/C57H66FN11O7S/c1-36(2)44-8-6-7-9-45(44)48-31-65(30-38-10-13-42(75-5)14-11-38)22-23-68(48)41-27-56(28-41)33-67(34-56)40-12-15-46(49(25-40)76-43-24-39-16-19-59-54(39)60-29-43)55(70)64-77(73,74)50-26-47(69(71)72)51(53-52(50)62-35-63-53)61-32-57(58)17-20-66(21-18-57)37(3)4/h6-16,19,24-26,29,35-37,41,48,61H,17-18,20-23,27-28,30-34H2,1-5H3,(H,59,60)(H,62,63)(H,64,70). The van der Waals surface area contributed by atoms with Crippen molar-refractivity contribution in [3.8, 4) is 17.2 Å². The lowest BCUT2D eigenvalue weighted by Crippen LogP contribution is -2.68. The van der Waals surface area contributed by atoms with E-state index in [9.17, 15) is 23.3 Å². The van der Waals surface area contributed by atoms with Gasteiger partial charge >= 0.3 is 0 Å². The lowest BCUT2D eigenvalue weighted by Gasteiger charge is -2.63. The van der Waals surface area contributed by atoms with E-state index in [2.05, 4.69) is 99.8 Å². The Bertz CT molecular complexity index is 3440. The number of piperazine rings is 1. The third-order valence-corrected chi connectivity index (χ3v) is 17.8. The van der Waals surface area contributed by atoms with E-state index in [0.717, 1.165) is 75.0 Å². The Labute approximate surface area is 447 Å². The highest BCUT2D eigenvalue weighted by atomic mass is 32.2. The maximum absolute atomic E-state index is 16.1. The molecule has 3 aliphatic heterocycles. The summed E-state index contributed by atoms with van der Waals surface area (Å²) in [5.74, 6) is 0.630. The van der Waals surface area contributed by atoms with Gasteiger partial charge in [-0.15, -0.1) is 0 Å². The van der Waals surface area contributed by atoms with Crippen LogP contribution in [0.4, 0.5) is 21.5 Å². The lowest BCUT2D eigenvalue weighted by molar-refractivity contribution is -0.384. The highest BCUT2D eigenvalue weighted by molar-refractivity contribution is 7.90. The summed E-state index contributed by atoms with van der Waals surface area (Å²) in [6.07, 6.45) is 7.03. The second-order valence-corrected chi connectivity index (χ2v) is 23.8. The van der Waals surface area contributed by atoms with Crippen LogP contribution in [0.1, 0.15) is 92.4 Å². The van der Waals surface area contributed by atoms with Gasteiger partial charge in [0.1, 0.15) is 44.7 Å². The van der Waals surface area contributed by atoms with Crippen LogP contribution in [-0.2, 0) is 16.6 Å². The Morgan fingerprint density at radius 2 is 1.70 bits per heavy atom. The molecule has 1 amide bonds. The van der Waals surface area contributed by atoms with E-state index < -0.39 is 37.1 Å². The number of sulfonamides is 1. The highest BCUT2D eigenvalue weighted by Crippen LogP contribution is 2.54. The molecule has 4 fully saturated rings. The van der Waals surface area contributed by atoms with Crippen molar-refractivity contribution in [3.05, 3.63) is 136 Å². The predicted molar refractivity (Wildman–Crippen MR) is 294 cm³/mol. The van der Waals surface area contributed by atoms with E-state index in [1.54, 1.807) is 31.5 Å². The Balaban J connectivity index is 0.813. The number of nitro benzene ring substituents is 1. The largest absolute Gasteiger partial charge is 0.497 e. The molecule has 1 unspecified atom stereocenters. The minimum Gasteiger partial charge on any atom is -0.497 e. The first kappa shape index (κ1) is 51.9. The molecule has 11 rings (SSSR count). The zero-order valence-corrected chi connectivity index (χ0v) is 44.9. The number of ether oxygens (including phenoxy) is 2. The van der Waals surface area contributed by atoms with Crippen molar-refractivity contribution in [3.63, 3.8) is 0 Å². The molecule has 77 heavy (non-hydrogen) atoms. The molecule has 20 heteroatoms. The molecule has 7 aromatic rings. The lowest BCUT2D eigenvalue weighted by atomic mass is 9.59. The maximum Gasteiger partial charge on any atom is 0.296 e. The SMILES string of the molecule is COc1ccc(CN2CCN(C3CC4(C3)CN(c3ccc(C(=O)NS(=O)(=O)c5cc([N+](=O)[O-])c(NCC6(F)CCN(C(C)C)CC6)c6[nH]cnc56)c(Oc5cnc6[nH]ccc6c5)c3)C4)C(c3ccccc3C(C)C)C2)cc1. The van der Waals surface area contributed by atoms with Crippen molar-refractivity contribution < 1.29 is 32.0 Å². The number of anilines is 2. The van der Waals surface area contributed by atoms with Gasteiger partial charge in [-0.05, 0) is 98.5 Å². The van der Waals surface area contributed by atoms with Gasteiger partial charge in [-0.25, -0.2) is 27.5 Å². The van der Waals surface area contributed by atoms with Gasteiger partial charge in [-0.3, -0.25) is 24.7 Å². The van der Waals surface area contributed by atoms with E-state index in [-0.39, 0.29) is 64.9 Å². The number of aromatic nitrogens is 4. The molecule has 4 aromatic carbocycles. The first-order chi connectivity index (χ1) is 37.0. The van der Waals surface area contributed by atoms with E-state index >= 15 is 4.39 Å². The number of piperidine rings is 1. The summed E-state index contributed by atoms with van der Waals surface area (Å²) in [4.78, 5) is 49.9. The average Bonchev–Trinajstić information content (AvgIpc) is 4.11. The summed E-state index contributed by atoms with van der Waals surface area (Å²) >= 11 is 0. The molecule has 3 aromatic heterocycles. The molecule has 1 aliphatic carbocycles. The highest BCUT2D eigenvalue weighted by Gasteiger charge is 2.55. The molecule has 18 nitrogen and oxygen atoms in total. The number of H-pyrrole nitrogens is 2. The van der Waals surface area contributed by atoms with Crippen LogP contribution >= 0.6 is 0 Å². The fourth-order valence-corrected chi connectivity index (χ4v) is 13.3. The van der Waals surface area contributed by atoms with E-state index in [1.165, 1.54) is 35.3 Å². The molecule has 3 saturated heterocycles. The van der Waals surface area contributed by atoms with Gasteiger partial charge in [-0.2, -0.15) is 0 Å². The van der Waals surface area contributed by atoms with Crippen LogP contribution < -0.4 is 24.4 Å². The Kier molecular flexibility index (Phi) is 13.9. The number of benzene rings is 4. The number of amides is 1. The summed E-state index contributed by atoms with van der Waals surface area (Å²) in [5, 5.41) is 16.3. The molecule has 404 valence electrons. The fraction of sp³-hybridized carbons (Fsp3) is 0.421. The molecule has 0 radical (unpaired) electrons. The zero-order chi connectivity index (χ0) is 53.8. The van der Waals surface area contributed by atoms with Crippen LogP contribution in [-0.4, -0.2) is 131 Å². The smallest absolute Gasteiger partial charge is 0.296 e. The van der Waals surface area contributed by atoms with E-state index in [4.69, 9.17) is 9.47 Å². The number of nitrogens with zero attached hydrogens (tertiary/aromatic N) is 7. The molecule has 1 atom stereocenters. The Hall–Kier alpha value is -7.13. The normalized spacial score (nSPS) is 19.2. The number of rotatable bonds is 17. The Morgan fingerprint density at radius 3 is 2.43 bits per heavy atom. The molecule has 1 spiro atoms. The number of carbonyl (C=O) groups is 1. The topological polar surface area (TPSA) is 207 Å². The summed E-state index contributed by atoms with van der Waals surface area (Å²) in [6.45, 7) is 14.8. The van der Waals surface area contributed by atoms with Crippen molar-refractivity contribution in [2.24, 2.45) is 5.41 Å². The summed E-state index contributed by atoms with van der Waals surface area (Å²) < 4.78 is 58.7. The molecule has 1 saturated carbocycles. The number of alkyl halides is 1. The van der Waals surface area contributed by atoms with Crippen LogP contribution in [0.3, 0.4) is 0 Å². The Morgan fingerprint density at radius 1 is 0.935 bits per heavy atom. The molecule has 4 aliphatic rings. The number of imidazole rings is 1. The van der Waals surface area contributed by atoms with Gasteiger partial charge in [0, 0.05) is 112 Å². The van der Waals surface area contributed by atoms with Crippen LogP contribution in [0.25, 0.3) is 22.1 Å². The third kappa shape index (κ3) is 10.4. The zero-order valence-electron chi connectivity index (χ0n) is 44.1. The van der Waals surface area contributed by atoms with E-state index in [1.807, 2.05) is 32.0 Å². The second-order valence-electron chi connectivity index (χ2n) is 22.1. The number of likely N-dealkylation sites (tertiary alicyclic amines) is 1. The first-order valence-electron chi connectivity index (χ1n) is 26.6. The van der Waals surface area contributed by atoms with Crippen molar-refractivity contribution in [2.75, 3.05) is 69.7 Å². The minimum atomic E-state index is -4.83. The summed E-state index contributed by atoms with van der Waals surface area (Å²) in [5.41, 5.74) is 2.97. The third-order valence-electron chi connectivity index (χ3n) is 16.5. The quantitative estimate of drug-likeness (QED) is 0.0495. The molecule has 0 bridgehead atoms. The van der Waals surface area contributed by atoms with Gasteiger partial charge in [-0.1, -0.05) is 50.2 Å². The molecule has 6 heterocycles. The number of hydrogen-bond donors (Lipinski definition) is 4. The number of fused-ring (bicyclic) bond motifs is 2. The van der Waals surface area contributed by atoms with Crippen molar-refractivity contribution in [1.29, 1.82) is 0 Å². The predicted octanol–water partition coefficient (Wildman–Crippen LogP) is 9.54. The number of aromatic amines is 2. The van der Waals surface area contributed by atoms with Gasteiger partial charge < -0.3 is 34.6 Å². The van der Waals surface area contributed by atoms with Gasteiger partial charge in [0.25, 0.3) is 21.6 Å². The number of nitrogens with one attached hydrogen (secondary N) is 4. The molecular weight excluding hydrogens is 1000 g/mol. The van der Waals surface area contributed by atoms with Crippen LogP contribution in [0, 0.1) is 15.5 Å². The fourth-order valence-electron chi connectivity index (χ4n) is 12.2. The maximum atomic E-state index is 16.1. The van der Waals surface area contributed by atoms with Gasteiger partial charge in [0.2, 0.25) is 0 Å². The number of pyridine rings is 1. The van der Waals surface area contributed by atoms with Gasteiger partial charge in [0.05, 0.1) is 35.6 Å². The first-order valence-corrected chi connectivity index (χ1v) is 28.0. The summed E-state index contributed by atoms with van der Waals surface area (Å²) in [6, 6.07) is 27.7. The minimum absolute atomic E-state index is 0.0130. The van der Waals surface area contributed by atoms with E-state index in [0.29, 0.717) is 36.4 Å². The van der Waals surface area contributed by atoms with Crippen LogP contribution in [0.15, 0.2) is 109 Å². The monoisotopic (exact) mass is 1070 g/mol. The number of methoxy groups -OCH3 is 1. The van der Waals surface area contributed by atoms with Gasteiger partial charge in [0.15, 0.2) is 0 Å². The summed E-state index contributed by atoms with van der Waals surface area (Å²) in [7, 11) is -3.14. The molecule has 4 N–H and O–H groups in total. The van der Waals surface area contributed by atoms with Crippen molar-refractivity contribution >= 4 is 55.1 Å². The number of hydrogen-bond acceptors (Lipinski definition) is 14. The van der Waals surface area contributed by atoms with Crippen molar-refractivity contribution in [1.82, 2.24) is 39.4 Å². The second kappa shape index (κ2) is 20.7. The number of halogens is 1. The van der Waals surface area contributed by atoms with Crippen molar-refractivity contribution in [2.45, 2.75) is 94.5 Å². The molecular formula is C57H66FN11O7S. The van der Waals surface area contributed by atoms with Crippen LogP contribution in [0.5, 0.6) is 17.2 Å².